The highest BCUT2D eigenvalue weighted by Crippen LogP contribution is 2.21. The standard InChI is InChI=1S/C21H43N/c1-18(2)10-7-11-19(3)12-8-13-20(4)14-9-15-21(5)16-17-22-6/h16,18-20,22H,7-15,17H2,1-6H3. The van der Waals surface area contributed by atoms with Crippen molar-refractivity contribution in [3.63, 3.8) is 0 Å². The number of likely N-dealkylation sites (N-methyl/N-ethyl adjacent to an activating group) is 1. The molecule has 2 unspecified atom stereocenters. The van der Waals surface area contributed by atoms with E-state index in [9.17, 15) is 0 Å². The van der Waals surface area contributed by atoms with Crippen molar-refractivity contribution in [2.45, 2.75) is 92.4 Å². The lowest BCUT2D eigenvalue weighted by atomic mass is 9.91. The van der Waals surface area contributed by atoms with Crippen molar-refractivity contribution in [2.24, 2.45) is 17.8 Å². The zero-order valence-electron chi connectivity index (χ0n) is 16.4. The lowest BCUT2D eigenvalue weighted by molar-refractivity contribution is 0.389. The number of hydrogen-bond donors (Lipinski definition) is 1. The molecule has 0 aromatic carbocycles. The zero-order valence-corrected chi connectivity index (χ0v) is 16.4. The van der Waals surface area contributed by atoms with Gasteiger partial charge in [0.2, 0.25) is 0 Å². The van der Waals surface area contributed by atoms with Crippen LogP contribution in [0.2, 0.25) is 0 Å². The van der Waals surface area contributed by atoms with Gasteiger partial charge in [-0.3, -0.25) is 0 Å². The van der Waals surface area contributed by atoms with Gasteiger partial charge in [0.25, 0.3) is 0 Å². The van der Waals surface area contributed by atoms with E-state index in [0.29, 0.717) is 0 Å². The molecule has 132 valence electrons. The number of rotatable bonds is 14. The summed E-state index contributed by atoms with van der Waals surface area (Å²) in [5, 5.41) is 3.18. The lowest BCUT2D eigenvalue weighted by Crippen LogP contribution is -2.05. The Labute approximate surface area is 141 Å². The number of nitrogens with one attached hydrogen (secondary N) is 1. The Balaban J connectivity index is 3.54. The third-order valence-corrected chi connectivity index (χ3v) is 4.79. The fraction of sp³-hybridized carbons (Fsp3) is 0.905. The molecule has 0 aromatic heterocycles. The van der Waals surface area contributed by atoms with Crippen LogP contribution in [0.5, 0.6) is 0 Å². The van der Waals surface area contributed by atoms with Gasteiger partial charge in [0.05, 0.1) is 0 Å². The van der Waals surface area contributed by atoms with Crippen molar-refractivity contribution in [3.05, 3.63) is 11.6 Å². The Morgan fingerprint density at radius 3 is 1.82 bits per heavy atom. The Morgan fingerprint density at radius 1 is 0.818 bits per heavy atom. The van der Waals surface area contributed by atoms with E-state index in [-0.39, 0.29) is 0 Å². The molecule has 1 nitrogen and oxygen atoms in total. The minimum atomic E-state index is 0.873. The minimum Gasteiger partial charge on any atom is -0.316 e. The summed E-state index contributed by atoms with van der Waals surface area (Å²) in [7, 11) is 2.01. The largest absolute Gasteiger partial charge is 0.316 e. The van der Waals surface area contributed by atoms with Crippen LogP contribution >= 0.6 is 0 Å². The van der Waals surface area contributed by atoms with E-state index in [2.05, 4.69) is 46.0 Å². The van der Waals surface area contributed by atoms with Crippen LogP contribution in [-0.2, 0) is 0 Å². The first-order valence-corrected chi connectivity index (χ1v) is 9.75. The van der Waals surface area contributed by atoms with Crippen LogP contribution in [0.1, 0.15) is 92.4 Å². The number of hydrogen-bond acceptors (Lipinski definition) is 1. The highest BCUT2D eigenvalue weighted by Gasteiger charge is 2.06. The van der Waals surface area contributed by atoms with E-state index in [1.165, 1.54) is 57.8 Å². The molecule has 1 heteroatoms. The van der Waals surface area contributed by atoms with E-state index in [1.807, 2.05) is 7.05 Å². The van der Waals surface area contributed by atoms with E-state index < -0.39 is 0 Å². The van der Waals surface area contributed by atoms with Gasteiger partial charge in [0, 0.05) is 6.54 Å². The third-order valence-electron chi connectivity index (χ3n) is 4.79. The minimum absolute atomic E-state index is 0.873. The van der Waals surface area contributed by atoms with Crippen LogP contribution in [0, 0.1) is 17.8 Å². The van der Waals surface area contributed by atoms with E-state index >= 15 is 0 Å². The van der Waals surface area contributed by atoms with Crippen LogP contribution in [0.25, 0.3) is 0 Å². The summed E-state index contributed by atoms with van der Waals surface area (Å²) in [5.41, 5.74) is 1.54. The molecule has 0 amide bonds. The van der Waals surface area contributed by atoms with Crippen molar-refractivity contribution in [1.29, 1.82) is 0 Å². The molecule has 0 saturated heterocycles. The molecule has 1 N–H and O–H groups in total. The summed E-state index contributed by atoms with van der Waals surface area (Å²) >= 11 is 0. The predicted molar refractivity (Wildman–Crippen MR) is 102 cm³/mol. The second-order valence-electron chi connectivity index (χ2n) is 7.97. The highest BCUT2D eigenvalue weighted by molar-refractivity contribution is 4.98. The molecule has 0 bridgehead atoms. The fourth-order valence-electron chi connectivity index (χ4n) is 3.09. The van der Waals surface area contributed by atoms with E-state index in [1.54, 1.807) is 5.57 Å². The summed E-state index contributed by atoms with van der Waals surface area (Å²) in [6.07, 6.45) is 14.9. The molecule has 0 radical (unpaired) electrons. The van der Waals surface area contributed by atoms with Crippen molar-refractivity contribution in [1.82, 2.24) is 5.32 Å². The van der Waals surface area contributed by atoms with Gasteiger partial charge >= 0.3 is 0 Å². The smallest absolute Gasteiger partial charge is 0.0134 e. The molecule has 0 aliphatic carbocycles. The van der Waals surface area contributed by atoms with Gasteiger partial charge in [-0.05, 0) is 44.6 Å². The highest BCUT2D eigenvalue weighted by atomic mass is 14.8. The van der Waals surface area contributed by atoms with Gasteiger partial charge in [0.15, 0.2) is 0 Å². The van der Waals surface area contributed by atoms with Crippen LogP contribution in [-0.4, -0.2) is 13.6 Å². The summed E-state index contributed by atoms with van der Waals surface area (Å²) in [6, 6.07) is 0. The molecule has 0 aliphatic rings. The molecule has 0 fully saturated rings. The molecule has 0 aromatic rings. The maximum absolute atomic E-state index is 3.18. The van der Waals surface area contributed by atoms with Crippen LogP contribution in [0.4, 0.5) is 0 Å². The van der Waals surface area contributed by atoms with Gasteiger partial charge < -0.3 is 5.32 Å². The van der Waals surface area contributed by atoms with Gasteiger partial charge in [-0.15, -0.1) is 0 Å². The second kappa shape index (κ2) is 14.3. The van der Waals surface area contributed by atoms with Crippen molar-refractivity contribution < 1.29 is 0 Å². The first-order chi connectivity index (χ1) is 10.5. The topological polar surface area (TPSA) is 12.0 Å². The summed E-state index contributed by atoms with van der Waals surface area (Å²) in [5.74, 6) is 2.70. The normalized spacial score (nSPS) is 15.3. The molecular formula is C21H43N. The molecular weight excluding hydrogens is 266 g/mol. The summed E-state index contributed by atoms with van der Waals surface area (Å²) < 4.78 is 0. The molecule has 0 rings (SSSR count). The summed E-state index contributed by atoms with van der Waals surface area (Å²) in [6.45, 7) is 12.8. The maximum atomic E-state index is 3.18. The molecule has 0 heterocycles. The Kier molecular flexibility index (Phi) is 14.1. The van der Waals surface area contributed by atoms with Gasteiger partial charge in [-0.1, -0.05) is 84.3 Å². The first-order valence-electron chi connectivity index (χ1n) is 9.75. The molecule has 0 spiro atoms. The maximum Gasteiger partial charge on any atom is 0.0134 e. The van der Waals surface area contributed by atoms with Crippen molar-refractivity contribution in [2.75, 3.05) is 13.6 Å². The fourth-order valence-corrected chi connectivity index (χ4v) is 3.09. The molecule has 0 aliphatic heterocycles. The quantitative estimate of drug-likeness (QED) is 0.357. The zero-order chi connectivity index (χ0) is 16.8. The van der Waals surface area contributed by atoms with Crippen molar-refractivity contribution >= 4 is 0 Å². The summed E-state index contributed by atoms with van der Waals surface area (Å²) in [4.78, 5) is 0. The van der Waals surface area contributed by atoms with E-state index in [4.69, 9.17) is 0 Å². The van der Waals surface area contributed by atoms with Gasteiger partial charge in [0.1, 0.15) is 0 Å². The Bertz CT molecular complexity index is 267. The molecule has 0 saturated carbocycles. The first kappa shape index (κ1) is 21.7. The van der Waals surface area contributed by atoms with Crippen LogP contribution < -0.4 is 5.32 Å². The SMILES string of the molecule is CNCC=C(C)CCCC(C)CCCC(C)CCCC(C)C. The van der Waals surface area contributed by atoms with Gasteiger partial charge in [-0.2, -0.15) is 0 Å². The predicted octanol–water partition coefficient (Wildman–Crippen LogP) is 6.59. The molecule has 22 heavy (non-hydrogen) atoms. The lowest BCUT2D eigenvalue weighted by Gasteiger charge is -2.15. The number of allylic oxidation sites excluding steroid dienone is 1. The Hall–Kier alpha value is -0.300. The monoisotopic (exact) mass is 309 g/mol. The average molecular weight is 310 g/mol. The second-order valence-corrected chi connectivity index (χ2v) is 7.97. The van der Waals surface area contributed by atoms with Crippen LogP contribution in [0.15, 0.2) is 11.6 Å². The van der Waals surface area contributed by atoms with Crippen LogP contribution in [0.3, 0.4) is 0 Å². The van der Waals surface area contributed by atoms with E-state index in [0.717, 1.165) is 24.3 Å². The van der Waals surface area contributed by atoms with Gasteiger partial charge in [-0.25, -0.2) is 0 Å². The van der Waals surface area contributed by atoms with Crippen molar-refractivity contribution in [3.8, 4) is 0 Å². The third kappa shape index (κ3) is 14.6. The Morgan fingerprint density at radius 2 is 1.32 bits per heavy atom. The average Bonchev–Trinajstić information content (AvgIpc) is 2.44. The molecule has 2 atom stereocenters.